The van der Waals surface area contributed by atoms with Crippen LogP contribution in [0.15, 0.2) is 42.5 Å². The highest BCUT2D eigenvalue weighted by Gasteiger charge is 2.13. The van der Waals surface area contributed by atoms with Gasteiger partial charge in [0.25, 0.3) is 0 Å². The van der Waals surface area contributed by atoms with Crippen molar-refractivity contribution in [3.8, 4) is 0 Å². The molecule has 0 aliphatic carbocycles. The van der Waals surface area contributed by atoms with E-state index in [1.54, 1.807) is 24.3 Å². The fourth-order valence-corrected chi connectivity index (χ4v) is 1.73. The SMILES string of the molecule is O=C(OS(=O)O)c1cccc2ccccc12. The lowest BCUT2D eigenvalue weighted by atomic mass is 10.1. The summed E-state index contributed by atoms with van der Waals surface area (Å²) < 4.78 is 23.1. The van der Waals surface area contributed by atoms with Crippen molar-refractivity contribution < 1.29 is 17.7 Å². The molecule has 1 N–H and O–H groups in total. The summed E-state index contributed by atoms with van der Waals surface area (Å²) in [7, 11) is 0. The van der Waals surface area contributed by atoms with Gasteiger partial charge in [0.15, 0.2) is 0 Å². The smallest absolute Gasteiger partial charge is 0.339 e. The van der Waals surface area contributed by atoms with Crippen molar-refractivity contribution in [3.63, 3.8) is 0 Å². The van der Waals surface area contributed by atoms with Crippen molar-refractivity contribution in [3.05, 3.63) is 48.0 Å². The molecule has 1 unspecified atom stereocenters. The van der Waals surface area contributed by atoms with Gasteiger partial charge >= 0.3 is 17.3 Å². The molecule has 82 valence electrons. The van der Waals surface area contributed by atoms with E-state index in [1.807, 2.05) is 18.2 Å². The molecule has 0 saturated heterocycles. The number of benzene rings is 2. The van der Waals surface area contributed by atoms with Crippen LogP contribution in [0.25, 0.3) is 10.8 Å². The Morgan fingerprint density at radius 1 is 1.12 bits per heavy atom. The molecule has 16 heavy (non-hydrogen) atoms. The molecule has 0 aliphatic heterocycles. The van der Waals surface area contributed by atoms with Gasteiger partial charge in [0, 0.05) is 0 Å². The molecule has 2 aromatic rings. The zero-order valence-electron chi connectivity index (χ0n) is 8.12. The Morgan fingerprint density at radius 2 is 1.81 bits per heavy atom. The first-order chi connectivity index (χ1) is 7.68. The van der Waals surface area contributed by atoms with Crippen LogP contribution in [-0.4, -0.2) is 14.7 Å². The molecule has 5 heteroatoms. The molecule has 0 heterocycles. The van der Waals surface area contributed by atoms with Crippen LogP contribution >= 0.6 is 0 Å². The van der Waals surface area contributed by atoms with E-state index in [0.29, 0.717) is 5.39 Å². The molecule has 0 bridgehead atoms. The van der Waals surface area contributed by atoms with Crippen molar-refractivity contribution >= 4 is 28.1 Å². The lowest BCUT2D eigenvalue weighted by Gasteiger charge is -2.03. The highest BCUT2D eigenvalue weighted by molar-refractivity contribution is 7.74. The van der Waals surface area contributed by atoms with E-state index < -0.39 is 17.3 Å². The molecule has 0 aromatic heterocycles. The Morgan fingerprint density at radius 3 is 2.56 bits per heavy atom. The van der Waals surface area contributed by atoms with E-state index in [1.165, 1.54) is 0 Å². The first-order valence-corrected chi connectivity index (χ1v) is 5.53. The third-order valence-corrected chi connectivity index (χ3v) is 2.45. The lowest BCUT2D eigenvalue weighted by Crippen LogP contribution is -2.07. The summed E-state index contributed by atoms with van der Waals surface area (Å²) in [6.45, 7) is 0. The minimum absolute atomic E-state index is 0.278. The van der Waals surface area contributed by atoms with Crippen LogP contribution in [0.4, 0.5) is 0 Å². The number of carbonyl (C=O) groups excluding carboxylic acids is 1. The summed E-state index contributed by atoms with van der Waals surface area (Å²) in [6.07, 6.45) is 0. The zero-order valence-corrected chi connectivity index (χ0v) is 8.94. The summed E-state index contributed by atoms with van der Waals surface area (Å²) in [5.74, 6) is -0.808. The summed E-state index contributed by atoms with van der Waals surface area (Å²) in [6, 6.07) is 12.3. The van der Waals surface area contributed by atoms with Crippen molar-refractivity contribution in [2.75, 3.05) is 0 Å². The topological polar surface area (TPSA) is 63.6 Å². The van der Waals surface area contributed by atoms with E-state index in [-0.39, 0.29) is 5.56 Å². The maximum absolute atomic E-state index is 11.5. The maximum atomic E-state index is 11.5. The number of hydrogen-bond acceptors (Lipinski definition) is 3. The Hall–Kier alpha value is -1.72. The molecule has 0 amide bonds. The number of rotatable bonds is 2. The van der Waals surface area contributed by atoms with Gasteiger partial charge in [-0.25, -0.2) is 4.79 Å². The molecule has 2 rings (SSSR count). The van der Waals surface area contributed by atoms with Crippen LogP contribution in [0.3, 0.4) is 0 Å². The summed E-state index contributed by atoms with van der Waals surface area (Å²) >= 11 is -2.59. The molecule has 4 nitrogen and oxygen atoms in total. The predicted molar refractivity (Wildman–Crippen MR) is 60.1 cm³/mol. The highest BCUT2D eigenvalue weighted by atomic mass is 32.2. The van der Waals surface area contributed by atoms with Crippen molar-refractivity contribution in [1.29, 1.82) is 0 Å². The lowest BCUT2D eigenvalue weighted by molar-refractivity contribution is 0.0745. The van der Waals surface area contributed by atoms with Crippen LogP contribution in [0.1, 0.15) is 10.4 Å². The van der Waals surface area contributed by atoms with Crippen molar-refractivity contribution in [1.82, 2.24) is 0 Å². The van der Waals surface area contributed by atoms with Gasteiger partial charge < -0.3 is 4.18 Å². The second kappa shape index (κ2) is 4.42. The van der Waals surface area contributed by atoms with Crippen LogP contribution < -0.4 is 0 Å². The highest BCUT2D eigenvalue weighted by Crippen LogP contribution is 2.19. The molecule has 0 saturated carbocycles. The monoisotopic (exact) mass is 236 g/mol. The van der Waals surface area contributed by atoms with Crippen LogP contribution in [-0.2, 0) is 15.5 Å². The third kappa shape index (κ3) is 2.10. The Balaban J connectivity index is 2.52. The molecule has 1 atom stereocenters. The maximum Gasteiger partial charge on any atom is 0.360 e. The summed E-state index contributed by atoms with van der Waals surface area (Å²) in [4.78, 5) is 11.5. The van der Waals surface area contributed by atoms with Crippen molar-refractivity contribution in [2.24, 2.45) is 0 Å². The van der Waals surface area contributed by atoms with E-state index in [2.05, 4.69) is 4.18 Å². The average molecular weight is 236 g/mol. The molecule has 2 aromatic carbocycles. The van der Waals surface area contributed by atoms with Gasteiger partial charge in [-0.3, -0.25) is 4.55 Å². The average Bonchev–Trinajstić information content (AvgIpc) is 2.27. The molecule has 0 fully saturated rings. The standard InChI is InChI=1S/C11H8O4S/c12-11(15-16(13)14)10-7-3-5-8-4-1-2-6-9(8)10/h1-7H,(H,13,14). The van der Waals surface area contributed by atoms with E-state index in [0.717, 1.165) is 5.39 Å². The minimum Gasteiger partial charge on any atom is -0.339 e. The molecule has 0 radical (unpaired) electrons. The molecule has 0 aliphatic rings. The van der Waals surface area contributed by atoms with Crippen LogP contribution in [0.5, 0.6) is 0 Å². The third-order valence-electron chi connectivity index (χ3n) is 2.16. The second-order valence-corrected chi connectivity index (χ2v) is 3.72. The number of hydrogen-bond donors (Lipinski definition) is 1. The fourth-order valence-electron chi connectivity index (χ4n) is 1.51. The first-order valence-electron chi connectivity index (χ1n) is 4.50. The van der Waals surface area contributed by atoms with E-state index in [9.17, 15) is 9.00 Å². The Kier molecular flexibility index (Phi) is 2.98. The quantitative estimate of drug-likeness (QED) is 0.811. The van der Waals surface area contributed by atoms with E-state index in [4.69, 9.17) is 4.55 Å². The largest absolute Gasteiger partial charge is 0.360 e. The van der Waals surface area contributed by atoms with Gasteiger partial charge in [0.2, 0.25) is 0 Å². The summed E-state index contributed by atoms with van der Waals surface area (Å²) in [5, 5.41) is 1.57. The molecule has 0 spiro atoms. The van der Waals surface area contributed by atoms with Gasteiger partial charge in [-0.05, 0) is 16.8 Å². The normalized spacial score (nSPS) is 12.3. The summed E-state index contributed by atoms with van der Waals surface area (Å²) in [5.41, 5.74) is 0.278. The second-order valence-electron chi connectivity index (χ2n) is 3.11. The minimum atomic E-state index is -2.59. The number of carbonyl (C=O) groups is 1. The van der Waals surface area contributed by atoms with E-state index >= 15 is 0 Å². The zero-order chi connectivity index (χ0) is 11.5. The Labute approximate surface area is 94.3 Å². The fraction of sp³-hybridized carbons (Fsp3) is 0. The van der Waals surface area contributed by atoms with Crippen LogP contribution in [0.2, 0.25) is 0 Å². The van der Waals surface area contributed by atoms with Gasteiger partial charge in [-0.15, -0.1) is 0 Å². The number of fused-ring (bicyclic) bond motifs is 1. The van der Waals surface area contributed by atoms with Gasteiger partial charge in [-0.2, -0.15) is 4.21 Å². The van der Waals surface area contributed by atoms with Gasteiger partial charge in [0.1, 0.15) is 0 Å². The van der Waals surface area contributed by atoms with Crippen molar-refractivity contribution in [2.45, 2.75) is 0 Å². The molecular weight excluding hydrogens is 228 g/mol. The predicted octanol–water partition coefficient (Wildman–Crippen LogP) is 2.13. The Bertz CT molecular complexity index is 559. The first kappa shape index (κ1) is 10.8. The van der Waals surface area contributed by atoms with Gasteiger partial charge in [0.05, 0.1) is 5.56 Å². The molecular formula is C11H8O4S. The van der Waals surface area contributed by atoms with Crippen LogP contribution in [0, 0.1) is 0 Å². The van der Waals surface area contributed by atoms with Gasteiger partial charge in [-0.1, -0.05) is 36.4 Å².